The largest absolute Gasteiger partial charge is 0.250 e. The Labute approximate surface area is 136 Å². The number of thiazole rings is 1. The van der Waals surface area contributed by atoms with E-state index in [-0.39, 0.29) is 5.41 Å². The van der Waals surface area contributed by atoms with Crippen LogP contribution in [0.3, 0.4) is 0 Å². The monoisotopic (exact) mass is 451 g/mol. The lowest BCUT2D eigenvalue weighted by Crippen LogP contribution is -2.33. The molecule has 0 fully saturated rings. The summed E-state index contributed by atoms with van der Waals surface area (Å²) in [5, 5.41) is 3.94. The Kier molecular flexibility index (Phi) is 5.42. The fraction of sp³-hybridized carbons (Fsp3) is 0.308. The van der Waals surface area contributed by atoms with E-state index in [1.165, 1.54) is 5.56 Å². The number of hydrogen-bond donors (Lipinski definition) is 0. The molecule has 0 saturated carbocycles. The van der Waals surface area contributed by atoms with E-state index in [2.05, 4.69) is 82.4 Å². The fourth-order valence-corrected chi connectivity index (χ4v) is 4.66. The van der Waals surface area contributed by atoms with Gasteiger partial charge in [0.1, 0.15) is 0 Å². The second-order valence-electron chi connectivity index (χ2n) is 4.21. The first kappa shape index (κ1) is 14.7. The Morgan fingerprint density at radius 2 is 1.78 bits per heavy atom. The molecule has 2 rings (SSSR count). The molecule has 0 radical (unpaired) electrons. The van der Waals surface area contributed by atoms with Gasteiger partial charge in [0.2, 0.25) is 0 Å². The number of hydrogen-bond acceptors (Lipinski definition) is 2. The third-order valence-electron chi connectivity index (χ3n) is 2.97. The summed E-state index contributed by atoms with van der Waals surface area (Å²) in [4.78, 5) is 4.41. The number of alkyl halides is 2. The molecule has 0 spiro atoms. The van der Waals surface area contributed by atoms with Crippen LogP contribution in [0.4, 0.5) is 0 Å². The fourth-order valence-electron chi connectivity index (χ4n) is 1.86. The van der Waals surface area contributed by atoms with Crippen LogP contribution < -0.4 is 0 Å². The van der Waals surface area contributed by atoms with Crippen molar-refractivity contribution in [3.8, 4) is 0 Å². The van der Waals surface area contributed by atoms with E-state index in [0.29, 0.717) is 0 Å². The van der Waals surface area contributed by atoms with Gasteiger partial charge in [0.25, 0.3) is 0 Å². The minimum Gasteiger partial charge on any atom is -0.250 e. The highest BCUT2D eigenvalue weighted by Crippen LogP contribution is 2.33. The molecule has 2 aromatic rings. The predicted octanol–water partition coefficient (Wildman–Crippen LogP) is 5.18. The van der Waals surface area contributed by atoms with Crippen LogP contribution in [-0.4, -0.2) is 15.6 Å². The first-order valence-electron chi connectivity index (χ1n) is 5.45. The maximum absolute atomic E-state index is 4.41. The highest BCUT2D eigenvalue weighted by atomic mass is 79.9. The van der Waals surface area contributed by atoms with Gasteiger partial charge in [-0.1, -0.05) is 59.9 Å². The van der Waals surface area contributed by atoms with Crippen molar-refractivity contribution in [2.75, 3.05) is 10.7 Å². The molecule has 1 nitrogen and oxygen atoms in total. The molecular weight excluding hydrogens is 442 g/mol. The normalized spacial score (nSPS) is 11.7. The Morgan fingerprint density at radius 1 is 1.11 bits per heavy atom. The van der Waals surface area contributed by atoms with Crippen molar-refractivity contribution < 1.29 is 0 Å². The number of benzene rings is 1. The third kappa shape index (κ3) is 3.24. The van der Waals surface area contributed by atoms with Crippen LogP contribution in [-0.2, 0) is 11.8 Å². The van der Waals surface area contributed by atoms with Crippen LogP contribution in [0.5, 0.6) is 0 Å². The van der Waals surface area contributed by atoms with Gasteiger partial charge in [0, 0.05) is 32.3 Å². The Morgan fingerprint density at radius 3 is 2.28 bits per heavy atom. The van der Waals surface area contributed by atoms with Crippen molar-refractivity contribution >= 4 is 59.1 Å². The van der Waals surface area contributed by atoms with Gasteiger partial charge in [-0.25, -0.2) is 4.98 Å². The van der Waals surface area contributed by atoms with E-state index in [9.17, 15) is 0 Å². The summed E-state index contributed by atoms with van der Waals surface area (Å²) in [5.74, 6) is 0. The van der Waals surface area contributed by atoms with Crippen molar-refractivity contribution in [2.24, 2.45) is 0 Å². The van der Waals surface area contributed by atoms with Gasteiger partial charge in [-0.2, -0.15) is 0 Å². The van der Waals surface area contributed by atoms with E-state index in [1.807, 2.05) is 5.51 Å². The third-order valence-corrected chi connectivity index (χ3v) is 6.28. The highest BCUT2D eigenvalue weighted by Gasteiger charge is 2.31. The Balaban J connectivity index is 2.33. The van der Waals surface area contributed by atoms with E-state index in [0.717, 1.165) is 27.2 Å². The minimum atomic E-state index is 0.0504. The lowest BCUT2D eigenvalue weighted by molar-refractivity contribution is 0.544. The molecule has 1 aromatic carbocycles. The molecule has 0 aliphatic carbocycles. The molecule has 0 atom stereocenters. The molecule has 1 heterocycles. The molecular formula is C13H12Br3NS. The summed E-state index contributed by atoms with van der Waals surface area (Å²) in [6.07, 6.45) is 0.939. The zero-order chi connectivity index (χ0) is 13.0. The van der Waals surface area contributed by atoms with Crippen molar-refractivity contribution in [1.82, 2.24) is 4.98 Å². The Hall–Kier alpha value is 0.290. The summed E-state index contributed by atoms with van der Waals surface area (Å²) < 4.78 is 1.11. The van der Waals surface area contributed by atoms with Crippen molar-refractivity contribution in [1.29, 1.82) is 0 Å². The maximum atomic E-state index is 4.41. The standard InChI is InChI=1S/C13H12Br3NS/c14-7-13(8-15,5-12-6-18-9-17-12)10-1-3-11(16)4-2-10/h1-4,6,9H,5,7-8H2. The molecule has 0 N–H and O–H groups in total. The molecule has 0 saturated heterocycles. The molecule has 5 heteroatoms. The molecule has 0 aliphatic heterocycles. The molecule has 0 amide bonds. The summed E-state index contributed by atoms with van der Waals surface area (Å²) in [5.41, 5.74) is 4.42. The molecule has 1 aromatic heterocycles. The van der Waals surface area contributed by atoms with E-state index in [1.54, 1.807) is 11.3 Å². The molecule has 0 unspecified atom stereocenters. The van der Waals surface area contributed by atoms with Crippen molar-refractivity contribution in [3.05, 3.63) is 50.9 Å². The summed E-state index contributed by atoms with van der Waals surface area (Å²) in [6.45, 7) is 0. The average molecular weight is 454 g/mol. The van der Waals surface area contributed by atoms with Crippen LogP contribution in [0.1, 0.15) is 11.3 Å². The average Bonchev–Trinajstić information content (AvgIpc) is 2.90. The Bertz CT molecular complexity index is 477. The van der Waals surface area contributed by atoms with Crippen LogP contribution in [0.25, 0.3) is 0 Å². The number of aromatic nitrogens is 1. The lowest BCUT2D eigenvalue weighted by Gasteiger charge is -2.30. The van der Waals surface area contributed by atoms with Crippen LogP contribution in [0, 0.1) is 0 Å². The van der Waals surface area contributed by atoms with E-state index < -0.39 is 0 Å². The lowest BCUT2D eigenvalue weighted by atomic mass is 9.80. The second-order valence-corrected chi connectivity index (χ2v) is 6.97. The summed E-state index contributed by atoms with van der Waals surface area (Å²) >= 11 is 12.5. The van der Waals surface area contributed by atoms with Gasteiger partial charge in [-0.15, -0.1) is 11.3 Å². The zero-order valence-corrected chi connectivity index (χ0v) is 15.1. The molecule has 0 aliphatic rings. The first-order chi connectivity index (χ1) is 8.70. The van der Waals surface area contributed by atoms with Crippen LogP contribution >= 0.6 is 59.1 Å². The molecule has 18 heavy (non-hydrogen) atoms. The van der Waals surface area contributed by atoms with Gasteiger partial charge in [-0.3, -0.25) is 0 Å². The zero-order valence-electron chi connectivity index (χ0n) is 9.57. The van der Waals surface area contributed by atoms with Crippen LogP contribution in [0.15, 0.2) is 39.6 Å². The quantitative estimate of drug-likeness (QED) is 0.569. The second kappa shape index (κ2) is 6.64. The van der Waals surface area contributed by atoms with E-state index >= 15 is 0 Å². The van der Waals surface area contributed by atoms with E-state index in [4.69, 9.17) is 0 Å². The number of halogens is 3. The molecule has 96 valence electrons. The molecule has 0 bridgehead atoms. The smallest absolute Gasteiger partial charge is 0.0794 e. The number of rotatable bonds is 5. The van der Waals surface area contributed by atoms with Crippen LogP contribution in [0.2, 0.25) is 0 Å². The van der Waals surface area contributed by atoms with Gasteiger partial charge in [-0.05, 0) is 17.7 Å². The summed E-state index contributed by atoms with van der Waals surface area (Å²) in [6, 6.07) is 8.55. The first-order valence-corrected chi connectivity index (χ1v) is 9.43. The van der Waals surface area contributed by atoms with Gasteiger partial charge in [0.05, 0.1) is 11.2 Å². The van der Waals surface area contributed by atoms with Gasteiger partial charge >= 0.3 is 0 Å². The topological polar surface area (TPSA) is 12.9 Å². The highest BCUT2D eigenvalue weighted by molar-refractivity contribution is 9.10. The minimum absolute atomic E-state index is 0.0504. The summed E-state index contributed by atoms with van der Waals surface area (Å²) in [7, 11) is 0. The van der Waals surface area contributed by atoms with Crippen molar-refractivity contribution in [2.45, 2.75) is 11.8 Å². The SMILES string of the molecule is BrCC(CBr)(Cc1cscn1)c1ccc(Br)cc1. The maximum Gasteiger partial charge on any atom is 0.0794 e. The predicted molar refractivity (Wildman–Crippen MR) is 89.2 cm³/mol. The van der Waals surface area contributed by atoms with Gasteiger partial charge in [0.15, 0.2) is 0 Å². The van der Waals surface area contributed by atoms with Gasteiger partial charge < -0.3 is 0 Å². The van der Waals surface area contributed by atoms with Crippen molar-refractivity contribution in [3.63, 3.8) is 0 Å². The number of nitrogens with zero attached hydrogens (tertiary/aromatic N) is 1.